The Morgan fingerprint density at radius 1 is 1.50 bits per heavy atom. The van der Waals surface area contributed by atoms with Crippen molar-refractivity contribution < 1.29 is 13.2 Å². The van der Waals surface area contributed by atoms with Gasteiger partial charge in [-0.1, -0.05) is 0 Å². The Balaban J connectivity index is 3.24. The maximum atomic E-state index is 11.2. The molecule has 0 bridgehead atoms. The minimum absolute atomic E-state index is 0.0851. The number of thiophene rings is 1. The van der Waals surface area contributed by atoms with E-state index in [0.29, 0.717) is 3.79 Å². The molecule has 0 amide bonds. The van der Waals surface area contributed by atoms with Gasteiger partial charge in [-0.2, -0.15) is 0 Å². The molecule has 0 radical (unpaired) electrons. The molecule has 0 aliphatic heterocycles. The third-order valence-corrected chi connectivity index (χ3v) is 4.94. The van der Waals surface area contributed by atoms with Gasteiger partial charge in [-0.3, -0.25) is 4.79 Å². The predicted molar refractivity (Wildman–Crippen MR) is 49.9 cm³/mol. The molecule has 0 saturated carbocycles. The summed E-state index contributed by atoms with van der Waals surface area (Å²) in [5.41, 5.74) is 0. The van der Waals surface area contributed by atoms with Gasteiger partial charge < -0.3 is 0 Å². The maximum absolute atomic E-state index is 11.2. The average molecular weight is 269 g/mol. The summed E-state index contributed by atoms with van der Waals surface area (Å²) in [6, 6.07) is 3.01. The third-order valence-electron chi connectivity index (χ3n) is 1.19. The second kappa shape index (κ2) is 3.27. The first kappa shape index (κ1) is 9.88. The molecule has 0 aromatic carbocycles. The summed E-state index contributed by atoms with van der Waals surface area (Å²) in [7, 11) is -3.71. The van der Waals surface area contributed by atoms with Crippen LogP contribution in [0, 0.1) is 0 Å². The lowest BCUT2D eigenvalue weighted by atomic mass is 10.7. The molecule has 0 saturated heterocycles. The fourth-order valence-electron chi connectivity index (χ4n) is 0.584. The Morgan fingerprint density at radius 2 is 2.08 bits per heavy atom. The van der Waals surface area contributed by atoms with Crippen molar-refractivity contribution in [1.29, 1.82) is 0 Å². The maximum Gasteiger partial charge on any atom is 0.249 e. The van der Waals surface area contributed by atoms with Gasteiger partial charge in [0.15, 0.2) is 0 Å². The summed E-state index contributed by atoms with van der Waals surface area (Å²) in [5, 5.41) is -0.822. The van der Waals surface area contributed by atoms with Gasteiger partial charge in [-0.05, 0) is 28.1 Å². The van der Waals surface area contributed by atoms with Crippen molar-refractivity contribution in [2.75, 3.05) is 0 Å². The average Bonchev–Trinajstić information content (AvgIpc) is 2.35. The highest BCUT2D eigenvalue weighted by molar-refractivity contribution is 9.11. The van der Waals surface area contributed by atoms with Crippen molar-refractivity contribution in [2.24, 2.45) is 0 Å². The van der Waals surface area contributed by atoms with Crippen molar-refractivity contribution in [3.05, 3.63) is 15.9 Å². The van der Waals surface area contributed by atoms with Gasteiger partial charge in [0.25, 0.3) is 0 Å². The van der Waals surface area contributed by atoms with E-state index in [1.165, 1.54) is 6.07 Å². The predicted octanol–water partition coefficient (Wildman–Crippen LogP) is 1.83. The van der Waals surface area contributed by atoms with E-state index in [2.05, 4.69) is 15.9 Å². The smallest absolute Gasteiger partial charge is 0.249 e. The molecule has 66 valence electrons. The van der Waals surface area contributed by atoms with E-state index in [1.54, 1.807) is 6.07 Å². The number of hydrogen-bond acceptors (Lipinski definition) is 4. The molecule has 3 nitrogen and oxygen atoms in total. The largest absolute Gasteiger partial charge is 0.282 e. The molecule has 0 spiro atoms. The number of halogens is 1. The van der Waals surface area contributed by atoms with E-state index in [0.717, 1.165) is 18.3 Å². The highest BCUT2D eigenvalue weighted by atomic mass is 79.9. The molecule has 0 aliphatic rings. The van der Waals surface area contributed by atoms with Gasteiger partial charge >= 0.3 is 0 Å². The minimum atomic E-state index is -3.71. The van der Waals surface area contributed by atoms with Crippen molar-refractivity contribution >= 4 is 42.2 Å². The van der Waals surface area contributed by atoms with Crippen LogP contribution in [0.25, 0.3) is 0 Å². The fraction of sp³-hybridized carbons (Fsp3) is 0.167. The van der Waals surface area contributed by atoms with Crippen LogP contribution >= 0.6 is 27.3 Å². The second-order valence-corrected chi connectivity index (χ2v) is 6.80. The quantitative estimate of drug-likeness (QED) is 0.781. The molecule has 1 heterocycles. The van der Waals surface area contributed by atoms with Crippen molar-refractivity contribution in [3.63, 3.8) is 0 Å². The van der Waals surface area contributed by atoms with Crippen molar-refractivity contribution in [3.8, 4) is 0 Å². The van der Waals surface area contributed by atoms with Crippen LogP contribution in [-0.2, 0) is 14.6 Å². The zero-order valence-electron chi connectivity index (χ0n) is 6.07. The molecule has 0 N–H and O–H groups in total. The topological polar surface area (TPSA) is 51.2 Å². The van der Waals surface area contributed by atoms with Crippen LogP contribution in [0.3, 0.4) is 0 Å². The summed E-state index contributed by atoms with van der Waals surface area (Å²) in [6.45, 7) is 1.04. The van der Waals surface area contributed by atoms with Gasteiger partial charge in [0, 0.05) is 6.92 Å². The molecule has 0 unspecified atom stereocenters. The SMILES string of the molecule is CC(=O)S(=O)(=O)c1ccc(Br)s1. The van der Waals surface area contributed by atoms with Gasteiger partial charge in [0.2, 0.25) is 15.0 Å². The first-order valence-corrected chi connectivity index (χ1v) is 6.05. The Hall–Kier alpha value is -0.200. The zero-order valence-corrected chi connectivity index (χ0v) is 9.29. The standard InChI is InChI=1S/C6H5BrO3S2/c1-4(8)12(9,10)6-3-2-5(7)11-6/h2-3H,1H3. The summed E-state index contributed by atoms with van der Waals surface area (Å²) in [5.74, 6) is 0. The number of sulfone groups is 1. The molecule has 0 aliphatic carbocycles. The van der Waals surface area contributed by atoms with Crippen molar-refractivity contribution in [2.45, 2.75) is 11.1 Å². The Labute approximate surface area is 82.5 Å². The fourth-order valence-corrected chi connectivity index (χ4v) is 3.62. The van der Waals surface area contributed by atoms with Crippen LogP contribution in [0.2, 0.25) is 0 Å². The molecule has 1 aromatic heterocycles. The van der Waals surface area contributed by atoms with E-state index in [9.17, 15) is 13.2 Å². The molecule has 12 heavy (non-hydrogen) atoms. The molecule has 0 atom stereocenters. The molecule has 0 fully saturated rings. The van der Waals surface area contributed by atoms with Crippen LogP contribution in [-0.4, -0.2) is 13.5 Å². The van der Waals surface area contributed by atoms with Crippen LogP contribution < -0.4 is 0 Å². The van der Waals surface area contributed by atoms with Crippen LogP contribution in [0.4, 0.5) is 0 Å². The van der Waals surface area contributed by atoms with Crippen LogP contribution in [0.1, 0.15) is 6.92 Å². The number of hydrogen-bond donors (Lipinski definition) is 0. The van der Waals surface area contributed by atoms with E-state index >= 15 is 0 Å². The number of carbonyl (C=O) groups is 1. The van der Waals surface area contributed by atoms with Crippen molar-refractivity contribution in [1.82, 2.24) is 0 Å². The molecular weight excluding hydrogens is 264 g/mol. The Kier molecular flexibility index (Phi) is 2.70. The second-order valence-electron chi connectivity index (χ2n) is 2.05. The van der Waals surface area contributed by atoms with Crippen LogP contribution in [0.15, 0.2) is 20.1 Å². The van der Waals surface area contributed by atoms with Gasteiger partial charge in [-0.25, -0.2) is 8.42 Å². The number of rotatable bonds is 1. The summed E-state index contributed by atoms with van der Waals surface area (Å²) < 4.78 is 23.2. The molecule has 1 rings (SSSR count). The number of carbonyl (C=O) groups excluding carboxylic acids is 1. The van der Waals surface area contributed by atoms with Crippen LogP contribution in [0.5, 0.6) is 0 Å². The third kappa shape index (κ3) is 1.75. The van der Waals surface area contributed by atoms with Gasteiger partial charge in [0.05, 0.1) is 3.79 Å². The molecule has 6 heteroatoms. The summed E-state index contributed by atoms with van der Waals surface area (Å²) in [4.78, 5) is 10.7. The Morgan fingerprint density at radius 3 is 2.42 bits per heavy atom. The van der Waals surface area contributed by atoms with E-state index in [-0.39, 0.29) is 4.21 Å². The first-order valence-electron chi connectivity index (χ1n) is 2.95. The minimum Gasteiger partial charge on any atom is -0.282 e. The molecular formula is C6H5BrO3S2. The molecule has 1 aromatic rings. The summed E-state index contributed by atoms with van der Waals surface area (Å²) >= 11 is 4.15. The van der Waals surface area contributed by atoms with E-state index in [4.69, 9.17) is 0 Å². The lowest BCUT2D eigenvalue weighted by Gasteiger charge is -1.92. The van der Waals surface area contributed by atoms with E-state index in [1.807, 2.05) is 0 Å². The van der Waals surface area contributed by atoms with Gasteiger partial charge in [-0.15, -0.1) is 11.3 Å². The van der Waals surface area contributed by atoms with Gasteiger partial charge in [0.1, 0.15) is 4.21 Å². The lowest BCUT2D eigenvalue weighted by molar-refractivity contribution is -0.109. The lowest BCUT2D eigenvalue weighted by Crippen LogP contribution is -2.08. The highest BCUT2D eigenvalue weighted by Crippen LogP contribution is 2.26. The normalized spacial score (nSPS) is 11.5. The highest BCUT2D eigenvalue weighted by Gasteiger charge is 2.21. The zero-order chi connectivity index (χ0) is 9.35. The first-order chi connectivity index (χ1) is 5.44. The van der Waals surface area contributed by atoms with E-state index < -0.39 is 15.0 Å². The Bertz CT molecular complexity index is 404. The monoisotopic (exact) mass is 268 g/mol. The summed E-state index contributed by atoms with van der Waals surface area (Å²) in [6.07, 6.45) is 0.